The molecule has 0 radical (unpaired) electrons. The van der Waals surface area contributed by atoms with Crippen molar-refractivity contribution < 1.29 is 0 Å². The summed E-state index contributed by atoms with van der Waals surface area (Å²) in [6.07, 6.45) is 6.57. The first-order valence-corrected chi connectivity index (χ1v) is 8.00. The summed E-state index contributed by atoms with van der Waals surface area (Å²) in [5, 5.41) is 4.91. The minimum absolute atomic E-state index is 0.747. The SMILES string of the molecule is CC(C)CCCCCCNCc1c(Cl)cccc1Cl. The summed E-state index contributed by atoms with van der Waals surface area (Å²) in [4.78, 5) is 0. The predicted octanol–water partition coefficient (Wildman–Crippen LogP) is 5.69. The fourth-order valence-electron chi connectivity index (χ4n) is 2.07. The van der Waals surface area contributed by atoms with Crippen LogP contribution < -0.4 is 5.32 Å². The molecule has 3 heteroatoms. The molecule has 0 atom stereocenters. The Morgan fingerprint density at radius 1 is 1.00 bits per heavy atom. The zero-order valence-electron chi connectivity index (χ0n) is 12.0. The van der Waals surface area contributed by atoms with E-state index in [9.17, 15) is 0 Å². The Kier molecular flexibility index (Phi) is 8.52. The van der Waals surface area contributed by atoms with Crippen LogP contribution in [0.2, 0.25) is 10.0 Å². The number of benzene rings is 1. The van der Waals surface area contributed by atoms with Crippen molar-refractivity contribution >= 4 is 23.2 Å². The fraction of sp³-hybridized carbons (Fsp3) is 0.625. The van der Waals surface area contributed by atoms with Crippen molar-refractivity contribution in [3.8, 4) is 0 Å². The lowest BCUT2D eigenvalue weighted by atomic mass is 10.0. The van der Waals surface area contributed by atoms with Gasteiger partial charge in [-0.15, -0.1) is 0 Å². The van der Waals surface area contributed by atoms with Crippen LogP contribution in [0.1, 0.15) is 51.5 Å². The summed E-state index contributed by atoms with van der Waals surface area (Å²) in [7, 11) is 0. The van der Waals surface area contributed by atoms with Gasteiger partial charge in [-0.25, -0.2) is 0 Å². The standard InChI is InChI=1S/C16H25Cl2N/c1-13(2)8-5-3-4-6-11-19-12-14-15(17)9-7-10-16(14)18/h7,9-10,13,19H,3-6,8,11-12H2,1-2H3. The number of nitrogens with one attached hydrogen (secondary N) is 1. The Bertz CT molecular complexity index is 344. The normalized spacial score (nSPS) is 11.2. The van der Waals surface area contributed by atoms with E-state index < -0.39 is 0 Å². The van der Waals surface area contributed by atoms with E-state index in [1.807, 2.05) is 18.2 Å². The molecule has 1 aromatic carbocycles. The largest absolute Gasteiger partial charge is 0.313 e. The quantitative estimate of drug-likeness (QED) is 0.578. The van der Waals surface area contributed by atoms with Crippen molar-refractivity contribution in [1.82, 2.24) is 5.32 Å². The van der Waals surface area contributed by atoms with E-state index in [1.54, 1.807) is 0 Å². The van der Waals surface area contributed by atoms with Gasteiger partial charge in [0.1, 0.15) is 0 Å². The molecule has 0 aliphatic rings. The van der Waals surface area contributed by atoms with Crippen LogP contribution in [-0.2, 0) is 6.54 Å². The molecule has 0 bridgehead atoms. The minimum Gasteiger partial charge on any atom is -0.313 e. The predicted molar refractivity (Wildman–Crippen MR) is 86.1 cm³/mol. The highest BCUT2D eigenvalue weighted by molar-refractivity contribution is 6.35. The van der Waals surface area contributed by atoms with Crippen LogP contribution in [0.3, 0.4) is 0 Å². The summed E-state index contributed by atoms with van der Waals surface area (Å²) < 4.78 is 0. The zero-order chi connectivity index (χ0) is 14.1. The maximum absolute atomic E-state index is 6.12. The van der Waals surface area contributed by atoms with Gasteiger partial charge in [0.2, 0.25) is 0 Å². The molecule has 108 valence electrons. The third kappa shape index (κ3) is 7.20. The minimum atomic E-state index is 0.747. The average molecular weight is 302 g/mol. The Morgan fingerprint density at radius 2 is 1.63 bits per heavy atom. The van der Waals surface area contributed by atoms with Crippen LogP contribution in [0, 0.1) is 5.92 Å². The number of unbranched alkanes of at least 4 members (excludes halogenated alkanes) is 3. The van der Waals surface area contributed by atoms with Gasteiger partial charge in [0.25, 0.3) is 0 Å². The van der Waals surface area contributed by atoms with E-state index in [4.69, 9.17) is 23.2 Å². The molecule has 1 nitrogen and oxygen atoms in total. The second-order valence-electron chi connectivity index (χ2n) is 5.47. The summed E-state index contributed by atoms with van der Waals surface area (Å²) in [6.45, 7) is 6.36. The molecule has 0 aromatic heterocycles. The highest BCUT2D eigenvalue weighted by atomic mass is 35.5. The van der Waals surface area contributed by atoms with Gasteiger partial charge in [-0.2, -0.15) is 0 Å². The van der Waals surface area contributed by atoms with Crippen molar-refractivity contribution in [3.05, 3.63) is 33.8 Å². The van der Waals surface area contributed by atoms with Gasteiger partial charge in [-0.3, -0.25) is 0 Å². The molecular formula is C16H25Cl2N. The molecule has 0 saturated carbocycles. The Labute approximate surface area is 127 Å². The average Bonchev–Trinajstić information content (AvgIpc) is 2.35. The van der Waals surface area contributed by atoms with Gasteiger partial charge in [-0.1, -0.05) is 68.8 Å². The molecule has 0 heterocycles. The monoisotopic (exact) mass is 301 g/mol. The smallest absolute Gasteiger partial charge is 0.0465 e. The van der Waals surface area contributed by atoms with Crippen molar-refractivity contribution in [2.24, 2.45) is 5.92 Å². The van der Waals surface area contributed by atoms with Crippen LogP contribution >= 0.6 is 23.2 Å². The van der Waals surface area contributed by atoms with Gasteiger partial charge in [0.05, 0.1) is 0 Å². The van der Waals surface area contributed by atoms with E-state index in [2.05, 4.69) is 19.2 Å². The Morgan fingerprint density at radius 3 is 2.26 bits per heavy atom. The Hall–Kier alpha value is -0.240. The summed E-state index contributed by atoms with van der Waals surface area (Å²) >= 11 is 12.2. The first kappa shape index (κ1) is 16.8. The third-order valence-electron chi connectivity index (χ3n) is 3.25. The highest BCUT2D eigenvalue weighted by Crippen LogP contribution is 2.23. The number of halogens is 2. The molecule has 0 aliphatic heterocycles. The van der Waals surface area contributed by atoms with Crippen molar-refractivity contribution in [2.45, 2.75) is 52.5 Å². The summed E-state index contributed by atoms with van der Waals surface area (Å²) in [6, 6.07) is 5.65. The van der Waals surface area contributed by atoms with Gasteiger partial charge < -0.3 is 5.32 Å². The second-order valence-corrected chi connectivity index (χ2v) is 6.29. The molecule has 0 saturated heterocycles. The Balaban J connectivity index is 2.08. The molecule has 0 aliphatic carbocycles. The second kappa shape index (κ2) is 9.63. The highest BCUT2D eigenvalue weighted by Gasteiger charge is 2.04. The molecule has 1 rings (SSSR count). The zero-order valence-corrected chi connectivity index (χ0v) is 13.5. The molecule has 1 N–H and O–H groups in total. The molecular weight excluding hydrogens is 277 g/mol. The van der Waals surface area contributed by atoms with Crippen LogP contribution in [0.4, 0.5) is 0 Å². The third-order valence-corrected chi connectivity index (χ3v) is 3.96. The molecule has 19 heavy (non-hydrogen) atoms. The summed E-state index contributed by atoms with van der Waals surface area (Å²) in [5.41, 5.74) is 1.01. The van der Waals surface area contributed by atoms with Crippen LogP contribution in [0.25, 0.3) is 0 Å². The first-order chi connectivity index (χ1) is 9.11. The number of hydrogen-bond acceptors (Lipinski definition) is 1. The van der Waals surface area contributed by atoms with E-state index in [0.717, 1.165) is 34.6 Å². The lowest BCUT2D eigenvalue weighted by Crippen LogP contribution is -2.15. The molecule has 0 spiro atoms. The van der Waals surface area contributed by atoms with Crippen LogP contribution in [-0.4, -0.2) is 6.54 Å². The van der Waals surface area contributed by atoms with E-state index in [-0.39, 0.29) is 0 Å². The van der Waals surface area contributed by atoms with Crippen LogP contribution in [0.5, 0.6) is 0 Å². The number of hydrogen-bond donors (Lipinski definition) is 1. The van der Waals surface area contributed by atoms with Gasteiger partial charge in [0.15, 0.2) is 0 Å². The van der Waals surface area contributed by atoms with Gasteiger partial charge in [-0.05, 0) is 31.0 Å². The first-order valence-electron chi connectivity index (χ1n) is 7.25. The maximum Gasteiger partial charge on any atom is 0.0465 e. The summed E-state index contributed by atoms with van der Waals surface area (Å²) in [5.74, 6) is 0.834. The molecule has 0 amide bonds. The lowest BCUT2D eigenvalue weighted by Gasteiger charge is -2.09. The molecule has 1 aromatic rings. The fourth-order valence-corrected chi connectivity index (χ4v) is 2.60. The topological polar surface area (TPSA) is 12.0 Å². The van der Waals surface area contributed by atoms with Gasteiger partial charge >= 0.3 is 0 Å². The van der Waals surface area contributed by atoms with Crippen molar-refractivity contribution in [3.63, 3.8) is 0 Å². The van der Waals surface area contributed by atoms with Crippen LogP contribution in [0.15, 0.2) is 18.2 Å². The van der Waals surface area contributed by atoms with E-state index >= 15 is 0 Å². The van der Waals surface area contributed by atoms with Crippen molar-refractivity contribution in [1.29, 1.82) is 0 Å². The maximum atomic E-state index is 6.12. The molecule has 0 unspecified atom stereocenters. The molecule has 0 fully saturated rings. The lowest BCUT2D eigenvalue weighted by molar-refractivity contribution is 0.512. The number of rotatable bonds is 9. The van der Waals surface area contributed by atoms with Gasteiger partial charge in [0, 0.05) is 22.2 Å². The van der Waals surface area contributed by atoms with Crippen molar-refractivity contribution in [2.75, 3.05) is 6.54 Å². The van der Waals surface area contributed by atoms with E-state index in [1.165, 1.54) is 32.1 Å². The van der Waals surface area contributed by atoms with E-state index in [0.29, 0.717) is 0 Å².